The first-order chi connectivity index (χ1) is 14.9. The maximum absolute atomic E-state index is 9.82. The number of hydrogen-bond acceptors (Lipinski definition) is 5. The Bertz CT molecular complexity index is 1340. The van der Waals surface area contributed by atoms with E-state index in [-0.39, 0.29) is 5.75 Å². The molecule has 31 heavy (non-hydrogen) atoms. The number of benzene rings is 4. The number of phenols is 1. The highest BCUT2D eigenvalue weighted by molar-refractivity contribution is 5.93. The van der Waals surface area contributed by atoms with E-state index in [1.54, 1.807) is 12.1 Å². The zero-order chi connectivity index (χ0) is 22.0. The molecule has 0 heterocycles. The van der Waals surface area contributed by atoms with E-state index in [4.69, 9.17) is 0 Å². The lowest BCUT2D eigenvalue weighted by Crippen LogP contribution is -1.83. The van der Waals surface area contributed by atoms with Gasteiger partial charge in [-0.15, -0.1) is 5.11 Å². The topological polar surface area (TPSA) is 69.7 Å². The number of aryl methyl sites for hydroxylation is 1. The molecule has 0 spiro atoms. The molecule has 0 aliphatic rings. The normalized spacial score (nSPS) is 11.7. The summed E-state index contributed by atoms with van der Waals surface area (Å²) in [6.07, 6.45) is 0. The molecule has 0 saturated heterocycles. The van der Waals surface area contributed by atoms with E-state index in [1.807, 2.05) is 62.4 Å². The number of hydrogen-bond donors (Lipinski definition) is 1. The van der Waals surface area contributed by atoms with Crippen LogP contribution >= 0.6 is 0 Å². The van der Waals surface area contributed by atoms with E-state index < -0.39 is 0 Å². The van der Waals surface area contributed by atoms with E-state index in [1.165, 1.54) is 5.56 Å². The van der Waals surface area contributed by atoms with E-state index >= 15 is 0 Å². The van der Waals surface area contributed by atoms with E-state index in [9.17, 15) is 5.11 Å². The molecule has 0 radical (unpaired) electrons. The summed E-state index contributed by atoms with van der Waals surface area (Å²) in [4.78, 5) is 0. The average molecular weight is 409 g/mol. The SMILES string of the molecule is Cc1cccc(N=Nc2ccc(N=Nc3cccc4ccc(O)cc34)c(C)c2C)c1C. The molecule has 1 N–H and O–H groups in total. The van der Waals surface area contributed by atoms with Crippen LogP contribution in [0.15, 0.2) is 87.2 Å². The fourth-order valence-electron chi connectivity index (χ4n) is 3.40. The highest BCUT2D eigenvalue weighted by Crippen LogP contribution is 2.34. The molecule has 154 valence electrons. The van der Waals surface area contributed by atoms with Crippen LogP contribution in [-0.4, -0.2) is 5.11 Å². The minimum atomic E-state index is 0.209. The molecule has 5 heteroatoms. The highest BCUT2D eigenvalue weighted by Gasteiger charge is 2.07. The molecular weight excluding hydrogens is 384 g/mol. The molecule has 0 amide bonds. The second-order valence-electron chi connectivity index (χ2n) is 7.66. The molecule has 0 aliphatic heterocycles. The number of azo groups is 2. The summed E-state index contributed by atoms with van der Waals surface area (Å²) >= 11 is 0. The first-order valence-corrected chi connectivity index (χ1v) is 10.2. The Morgan fingerprint density at radius 3 is 1.77 bits per heavy atom. The van der Waals surface area contributed by atoms with Gasteiger partial charge in [0.15, 0.2) is 0 Å². The van der Waals surface area contributed by atoms with Crippen LogP contribution in [0.1, 0.15) is 22.3 Å². The predicted molar refractivity (Wildman–Crippen MR) is 126 cm³/mol. The molecule has 0 saturated carbocycles. The minimum Gasteiger partial charge on any atom is -0.508 e. The molecule has 4 aromatic carbocycles. The van der Waals surface area contributed by atoms with Crippen LogP contribution in [0.2, 0.25) is 0 Å². The fraction of sp³-hybridized carbons (Fsp3) is 0.154. The summed E-state index contributed by atoms with van der Waals surface area (Å²) in [5, 5.41) is 29.5. The number of phenolic OH excluding ortho intramolecular Hbond substituents is 1. The predicted octanol–water partition coefficient (Wildman–Crippen LogP) is 8.61. The van der Waals surface area contributed by atoms with Crippen molar-refractivity contribution in [2.45, 2.75) is 27.7 Å². The van der Waals surface area contributed by atoms with Gasteiger partial charge in [-0.2, -0.15) is 15.3 Å². The molecule has 0 aromatic heterocycles. The molecule has 4 aromatic rings. The number of fused-ring (bicyclic) bond motifs is 1. The Morgan fingerprint density at radius 2 is 1.10 bits per heavy atom. The zero-order valence-corrected chi connectivity index (χ0v) is 18.1. The maximum atomic E-state index is 9.82. The van der Waals surface area contributed by atoms with Crippen LogP contribution in [0.5, 0.6) is 5.75 Å². The summed E-state index contributed by atoms with van der Waals surface area (Å²) in [5.41, 5.74) is 7.52. The van der Waals surface area contributed by atoms with Gasteiger partial charge in [-0.05, 0) is 91.7 Å². The van der Waals surface area contributed by atoms with Gasteiger partial charge in [-0.25, -0.2) is 0 Å². The molecule has 0 unspecified atom stereocenters. The summed E-state index contributed by atoms with van der Waals surface area (Å²) in [6.45, 7) is 8.15. The summed E-state index contributed by atoms with van der Waals surface area (Å²) < 4.78 is 0. The Morgan fingerprint density at radius 1 is 0.548 bits per heavy atom. The largest absolute Gasteiger partial charge is 0.508 e. The summed E-state index contributed by atoms with van der Waals surface area (Å²) in [5.74, 6) is 0.209. The third-order valence-corrected chi connectivity index (χ3v) is 5.68. The summed E-state index contributed by atoms with van der Waals surface area (Å²) in [7, 11) is 0. The van der Waals surface area contributed by atoms with Crippen LogP contribution in [0.25, 0.3) is 10.8 Å². The molecule has 0 fully saturated rings. The smallest absolute Gasteiger partial charge is 0.116 e. The maximum Gasteiger partial charge on any atom is 0.116 e. The average Bonchev–Trinajstić information content (AvgIpc) is 2.76. The monoisotopic (exact) mass is 408 g/mol. The van der Waals surface area contributed by atoms with Crippen LogP contribution in [-0.2, 0) is 0 Å². The van der Waals surface area contributed by atoms with Gasteiger partial charge in [0.05, 0.1) is 22.7 Å². The van der Waals surface area contributed by atoms with Gasteiger partial charge in [-0.3, -0.25) is 0 Å². The Kier molecular flexibility index (Phi) is 5.58. The van der Waals surface area contributed by atoms with Gasteiger partial charge in [0.25, 0.3) is 0 Å². The molecule has 0 atom stereocenters. The van der Waals surface area contributed by atoms with Crippen molar-refractivity contribution in [2.75, 3.05) is 0 Å². The van der Waals surface area contributed by atoms with Crippen molar-refractivity contribution in [1.29, 1.82) is 0 Å². The van der Waals surface area contributed by atoms with Gasteiger partial charge in [0, 0.05) is 5.39 Å². The van der Waals surface area contributed by atoms with Crippen LogP contribution in [0.4, 0.5) is 22.7 Å². The van der Waals surface area contributed by atoms with Gasteiger partial charge in [0.2, 0.25) is 0 Å². The summed E-state index contributed by atoms with van der Waals surface area (Å²) in [6, 6.07) is 20.9. The molecular formula is C26H24N4O. The first-order valence-electron chi connectivity index (χ1n) is 10.2. The van der Waals surface area contributed by atoms with E-state index in [0.717, 1.165) is 44.5 Å². The Balaban J connectivity index is 1.64. The van der Waals surface area contributed by atoms with Crippen molar-refractivity contribution in [1.82, 2.24) is 0 Å². The molecule has 5 nitrogen and oxygen atoms in total. The van der Waals surface area contributed by atoms with E-state index in [2.05, 4.69) is 40.4 Å². The standard InChI is InChI=1S/C26H24N4O/c1-16-7-5-9-23(17(16)2)27-28-24-13-14-25(19(4)18(24)3)29-30-26-10-6-8-20-11-12-21(31)15-22(20)26/h5-15,31H,1-4H3. The Hall–Kier alpha value is -3.86. The number of rotatable bonds is 4. The van der Waals surface area contributed by atoms with Crippen molar-refractivity contribution in [3.8, 4) is 5.75 Å². The van der Waals surface area contributed by atoms with Crippen molar-refractivity contribution in [3.05, 3.63) is 89.0 Å². The first kappa shape index (κ1) is 20.4. The van der Waals surface area contributed by atoms with Crippen LogP contribution in [0.3, 0.4) is 0 Å². The second-order valence-corrected chi connectivity index (χ2v) is 7.66. The van der Waals surface area contributed by atoms with Crippen molar-refractivity contribution >= 4 is 33.5 Å². The fourth-order valence-corrected chi connectivity index (χ4v) is 3.40. The lowest BCUT2D eigenvalue weighted by atomic mass is 10.1. The molecule has 0 bridgehead atoms. The second kappa shape index (κ2) is 8.48. The van der Waals surface area contributed by atoms with Gasteiger partial charge >= 0.3 is 0 Å². The minimum absolute atomic E-state index is 0.209. The van der Waals surface area contributed by atoms with Gasteiger partial charge in [0.1, 0.15) is 5.75 Å². The van der Waals surface area contributed by atoms with Gasteiger partial charge in [-0.1, -0.05) is 30.3 Å². The van der Waals surface area contributed by atoms with Crippen LogP contribution < -0.4 is 0 Å². The lowest BCUT2D eigenvalue weighted by molar-refractivity contribution is 0.476. The lowest BCUT2D eigenvalue weighted by Gasteiger charge is -2.07. The number of nitrogens with zero attached hydrogens (tertiary/aromatic N) is 4. The van der Waals surface area contributed by atoms with Gasteiger partial charge < -0.3 is 5.11 Å². The quantitative estimate of drug-likeness (QED) is 0.337. The zero-order valence-electron chi connectivity index (χ0n) is 18.1. The van der Waals surface area contributed by atoms with Crippen LogP contribution in [0, 0.1) is 27.7 Å². The molecule has 0 aliphatic carbocycles. The molecule has 4 rings (SSSR count). The van der Waals surface area contributed by atoms with Crippen molar-refractivity contribution in [2.24, 2.45) is 20.5 Å². The third-order valence-electron chi connectivity index (χ3n) is 5.68. The third kappa shape index (κ3) is 4.21. The van der Waals surface area contributed by atoms with E-state index in [0.29, 0.717) is 5.69 Å². The van der Waals surface area contributed by atoms with Crippen molar-refractivity contribution < 1.29 is 5.11 Å². The highest BCUT2D eigenvalue weighted by atomic mass is 16.3. The Labute approximate surface area is 181 Å². The number of aromatic hydroxyl groups is 1. The van der Waals surface area contributed by atoms with Crippen molar-refractivity contribution in [3.63, 3.8) is 0 Å².